The van der Waals surface area contributed by atoms with Crippen LogP contribution >= 0.6 is 9.03 Å². The van der Waals surface area contributed by atoms with Crippen molar-refractivity contribution in [3.05, 3.63) is 58.7 Å². The number of nitrogens with zero attached hydrogens (tertiary/aromatic N) is 2. The van der Waals surface area contributed by atoms with E-state index in [-0.39, 0.29) is 15.1 Å². The second-order valence-corrected chi connectivity index (χ2v) is 11.5. The zero-order chi connectivity index (χ0) is 28.3. The fourth-order valence-corrected chi connectivity index (χ4v) is 7.18. The molecule has 0 spiro atoms. The van der Waals surface area contributed by atoms with Crippen molar-refractivity contribution in [3.8, 4) is 0 Å². The number of allylic oxidation sites excluding steroid dienone is 3. The number of halogens is 3. The fourth-order valence-electron chi connectivity index (χ4n) is 6.58. The topological polar surface area (TPSA) is 71.1 Å². The summed E-state index contributed by atoms with van der Waals surface area (Å²) in [6.45, 7) is 2.09. The predicted molar refractivity (Wildman–Crippen MR) is 147 cm³/mol. The van der Waals surface area contributed by atoms with Gasteiger partial charge in [0.15, 0.2) is 9.03 Å². The van der Waals surface area contributed by atoms with Gasteiger partial charge in [0, 0.05) is 17.6 Å². The molecule has 1 amide bonds. The van der Waals surface area contributed by atoms with Gasteiger partial charge in [-0.25, -0.2) is 10.2 Å². The standard InChI is InChI=1S/C29H35F3N3O4P/c1-2-3-13-28(14-6-7-15-34(28)21-17-38-40-39-18-21)27(37)35(33-19-29(30,31)32)26-24-11-5-4-10-22(24)23-12-8-9-20(16-36)25(23)26/h4-5,8,10-12,21,26,33,40H,2-3,6-7,9,13-15,17-19H2,1H3. The van der Waals surface area contributed by atoms with Crippen LogP contribution in [0.5, 0.6) is 0 Å². The number of benzene rings is 1. The van der Waals surface area contributed by atoms with E-state index in [9.17, 15) is 22.8 Å². The monoisotopic (exact) mass is 577 g/mol. The largest absolute Gasteiger partial charge is 0.402 e. The van der Waals surface area contributed by atoms with Gasteiger partial charge >= 0.3 is 6.18 Å². The molecule has 216 valence electrons. The number of rotatable bonds is 8. The number of amides is 1. The van der Waals surface area contributed by atoms with Gasteiger partial charge in [0.25, 0.3) is 5.91 Å². The average molecular weight is 578 g/mol. The number of nitrogens with one attached hydrogen (secondary N) is 1. The van der Waals surface area contributed by atoms with Crippen LogP contribution in [0, 0.1) is 0 Å². The first kappa shape index (κ1) is 29.2. The van der Waals surface area contributed by atoms with E-state index in [1.54, 1.807) is 0 Å². The van der Waals surface area contributed by atoms with Crippen molar-refractivity contribution in [2.75, 3.05) is 26.3 Å². The summed E-state index contributed by atoms with van der Waals surface area (Å²) in [5, 5.41) is 1.19. The minimum absolute atomic E-state index is 0.0621. The SMILES string of the molecule is CCCCC1(C(=O)N(NCC(F)(F)F)C2C3=C(C=CCC3=C=O)c3ccccc32)CCCCN1C1COPOC1. The molecule has 5 rings (SSSR count). The molecule has 11 heteroatoms. The number of fused-ring (bicyclic) bond motifs is 2. The number of hydrogen-bond acceptors (Lipinski definition) is 6. The first-order valence-corrected chi connectivity index (χ1v) is 14.8. The number of carbonyl (C=O) groups excluding carboxylic acids is 2. The van der Waals surface area contributed by atoms with E-state index in [0.29, 0.717) is 55.7 Å². The number of hydrogen-bond donors (Lipinski definition) is 1. The Balaban J connectivity index is 1.64. The van der Waals surface area contributed by atoms with Crippen molar-refractivity contribution >= 4 is 26.5 Å². The Kier molecular flexibility index (Phi) is 8.95. The minimum Gasteiger partial charge on any atom is -0.335 e. The second kappa shape index (κ2) is 12.3. The van der Waals surface area contributed by atoms with E-state index in [4.69, 9.17) is 9.05 Å². The fraction of sp³-hybridized carbons (Fsp3) is 0.552. The summed E-state index contributed by atoms with van der Waals surface area (Å²) in [4.78, 5) is 29.2. The first-order chi connectivity index (χ1) is 19.3. The molecule has 2 fully saturated rings. The Morgan fingerprint density at radius 3 is 2.75 bits per heavy atom. The van der Waals surface area contributed by atoms with E-state index >= 15 is 0 Å². The third-order valence-electron chi connectivity index (χ3n) is 8.33. The molecule has 2 heterocycles. The van der Waals surface area contributed by atoms with Crippen molar-refractivity contribution in [2.45, 2.75) is 75.7 Å². The lowest BCUT2D eigenvalue weighted by Crippen LogP contribution is -2.68. The lowest BCUT2D eigenvalue weighted by atomic mass is 9.79. The Morgan fingerprint density at radius 2 is 2.02 bits per heavy atom. The van der Waals surface area contributed by atoms with E-state index in [2.05, 4.69) is 10.3 Å². The lowest BCUT2D eigenvalue weighted by Gasteiger charge is -2.52. The second-order valence-electron chi connectivity index (χ2n) is 10.8. The van der Waals surface area contributed by atoms with Crippen molar-refractivity contribution in [2.24, 2.45) is 0 Å². The van der Waals surface area contributed by atoms with E-state index in [1.165, 1.54) is 5.01 Å². The van der Waals surface area contributed by atoms with Gasteiger partial charge < -0.3 is 9.05 Å². The van der Waals surface area contributed by atoms with Gasteiger partial charge in [0.2, 0.25) is 0 Å². The number of alkyl halides is 3. The average Bonchev–Trinajstić information content (AvgIpc) is 3.30. The molecule has 0 aromatic heterocycles. The van der Waals surface area contributed by atoms with Gasteiger partial charge in [-0.3, -0.25) is 14.7 Å². The highest BCUT2D eigenvalue weighted by Gasteiger charge is 2.53. The maximum Gasteiger partial charge on any atom is 0.402 e. The van der Waals surface area contributed by atoms with Crippen LogP contribution in [0.2, 0.25) is 0 Å². The zero-order valence-electron chi connectivity index (χ0n) is 22.6. The molecule has 0 saturated carbocycles. The number of hydrazine groups is 1. The lowest BCUT2D eigenvalue weighted by molar-refractivity contribution is -0.166. The summed E-state index contributed by atoms with van der Waals surface area (Å²) in [6.07, 6.45) is 3.74. The quantitative estimate of drug-likeness (QED) is 0.252. The predicted octanol–water partition coefficient (Wildman–Crippen LogP) is 5.45. The van der Waals surface area contributed by atoms with Gasteiger partial charge in [0.05, 0.1) is 19.3 Å². The molecule has 40 heavy (non-hydrogen) atoms. The molecular weight excluding hydrogens is 542 g/mol. The Hall–Kier alpha value is -2.32. The third kappa shape index (κ3) is 5.58. The number of piperidine rings is 1. The first-order valence-electron chi connectivity index (χ1n) is 13.9. The smallest absolute Gasteiger partial charge is 0.335 e. The van der Waals surface area contributed by atoms with Crippen LogP contribution in [-0.2, 0) is 18.6 Å². The highest BCUT2D eigenvalue weighted by Crippen LogP contribution is 2.50. The third-order valence-corrected chi connectivity index (χ3v) is 8.90. The van der Waals surface area contributed by atoms with Crippen LogP contribution in [0.3, 0.4) is 0 Å². The molecule has 7 nitrogen and oxygen atoms in total. The molecule has 1 aromatic carbocycles. The van der Waals surface area contributed by atoms with Crippen LogP contribution in [0.25, 0.3) is 5.57 Å². The van der Waals surface area contributed by atoms with Gasteiger partial charge in [-0.05, 0) is 48.9 Å². The summed E-state index contributed by atoms with van der Waals surface area (Å²) < 4.78 is 52.4. The molecule has 1 aromatic rings. The summed E-state index contributed by atoms with van der Waals surface area (Å²) in [5.41, 5.74) is 4.60. The maximum atomic E-state index is 15.0. The van der Waals surface area contributed by atoms with Gasteiger partial charge in [0.1, 0.15) is 24.1 Å². The van der Waals surface area contributed by atoms with E-state index in [0.717, 1.165) is 36.8 Å². The molecule has 1 N–H and O–H groups in total. The van der Waals surface area contributed by atoms with Gasteiger partial charge in [-0.15, -0.1) is 0 Å². The van der Waals surface area contributed by atoms with Crippen LogP contribution in [-0.4, -0.2) is 65.8 Å². The number of carbonyl (C=O) groups is 1. The molecule has 2 aliphatic carbocycles. The van der Waals surface area contributed by atoms with Crippen molar-refractivity contribution in [1.29, 1.82) is 0 Å². The van der Waals surface area contributed by atoms with E-state index in [1.807, 2.05) is 49.3 Å². The normalized spacial score (nSPS) is 27.4. The zero-order valence-corrected chi connectivity index (χ0v) is 23.6. The Bertz CT molecular complexity index is 1220. The highest BCUT2D eigenvalue weighted by molar-refractivity contribution is 7.26. The Morgan fingerprint density at radius 1 is 1.25 bits per heavy atom. The summed E-state index contributed by atoms with van der Waals surface area (Å²) in [5.74, 6) is 1.61. The van der Waals surface area contributed by atoms with Crippen LogP contribution in [0.15, 0.2) is 47.6 Å². The van der Waals surface area contributed by atoms with Crippen molar-refractivity contribution < 1.29 is 31.8 Å². The van der Waals surface area contributed by atoms with Gasteiger partial charge in [-0.1, -0.05) is 56.2 Å². The summed E-state index contributed by atoms with van der Waals surface area (Å²) >= 11 is 0. The summed E-state index contributed by atoms with van der Waals surface area (Å²) in [7, 11) is -0.0621. The van der Waals surface area contributed by atoms with Gasteiger partial charge in [-0.2, -0.15) is 13.2 Å². The molecule has 0 bridgehead atoms. The molecule has 0 radical (unpaired) electrons. The molecule has 2 saturated heterocycles. The van der Waals surface area contributed by atoms with Crippen molar-refractivity contribution in [1.82, 2.24) is 15.3 Å². The number of unbranched alkanes of at least 4 members (excludes halogenated alkanes) is 1. The van der Waals surface area contributed by atoms with E-state index < -0.39 is 30.2 Å². The highest BCUT2D eigenvalue weighted by atomic mass is 31.1. The maximum absolute atomic E-state index is 15.0. The molecule has 2 aliphatic heterocycles. The van der Waals surface area contributed by atoms with Crippen LogP contribution < -0.4 is 5.43 Å². The molecule has 2 unspecified atom stereocenters. The van der Waals surface area contributed by atoms with Crippen LogP contribution in [0.1, 0.15) is 69.0 Å². The molecule has 4 aliphatic rings. The number of likely N-dealkylation sites (tertiary alicyclic amines) is 1. The Labute approximate surface area is 234 Å². The minimum atomic E-state index is -4.56. The van der Waals surface area contributed by atoms with Crippen LogP contribution in [0.4, 0.5) is 13.2 Å². The molecular formula is C29H35F3N3O4P. The summed E-state index contributed by atoms with van der Waals surface area (Å²) in [6, 6.07) is 6.29. The van der Waals surface area contributed by atoms with Crippen molar-refractivity contribution in [3.63, 3.8) is 0 Å². The molecule has 2 atom stereocenters.